The summed E-state index contributed by atoms with van der Waals surface area (Å²) in [4.78, 5) is 38.3. The number of unbranched alkanes of at least 4 members (excludes halogenated alkanes) is 35. The Bertz CT molecular complexity index is 1470. The number of ether oxygens (including phenoxy) is 3. The fourth-order valence-corrected chi connectivity index (χ4v) is 9.44. The van der Waals surface area contributed by atoms with E-state index in [4.69, 9.17) is 14.2 Å². The van der Waals surface area contributed by atoms with Gasteiger partial charge in [0.05, 0.1) is 0 Å². The maximum atomic E-state index is 12.9. The molecule has 0 rings (SSSR count). The Labute approximate surface area is 477 Å². The smallest absolute Gasteiger partial charge is 0.306 e. The Balaban J connectivity index is 4.29. The fourth-order valence-electron chi connectivity index (χ4n) is 9.44. The van der Waals surface area contributed by atoms with Crippen LogP contribution in [0.25, 0.3) is 0 Å². The highest BCUT2D eigenvalue weighted by Gasteiger charge is 2.19. The predicted molar refractivity (Wildman–Crippen MR) is 334 cm³/mol. The fraction of sp³-hybridized carbons (Fsp3) is 0.761. The predicted octanol–water partition coefficient (Wildman–Crippen LogP) is 22.7. The molecule has 0 bridgehead atoms. The normalized spacial score (nSPS) is 12.6. The minimum Gasteiger partial charge on any atom is -0.462 e. The van der Waals surface area contributed by atoms with E-state index in [-0.39, 0.29) is 31.1 Å². The molecule has 0 spiro atoms. The molecule has 1 unspecified atom stereocenters. The first kappa shape index (κ1) is 73.6. The van der Waals surface area contributed by atoms with Crippen LogP contribution < -0.4 is 0 Å². The molecular weight excluding hydrogens is 949 g/mol. The first-order valence-corrected chi connectivity index (χ1v) is 33.1. The van der Waals surface area contributed by atoms with Crippen LogP contribution in [0.15, 0.2) is 85.1 Å². The topological polar surface area (TPSA) is 78.9 Å². The van der Waals surface area contributed by atoms with Gasteiger partial charge >= 0.3 is 17.9 Å². The molecule has 77 heavy (non-hydrogen) atoms. The summed E-state index contributed by atoms with van der Waals surface area (Å²) < 4.78 is 17.0. The highest BCUT2D eigenvalue weighted by Crippen LogP contribution is 2.17. The molecule has 0 aliphatic heterocycles. The minimum absolute atomic E-state index is 0.0752. The second-order valence-electron chi connectivity index (χ2n) is 22.0. The standard InChI is InChI=1S/C71H124O6/c1-4-7-10-13-16-19-22-25-27-29-31-32-33-34-35-36-37-38-40-41-43-46-49-52-55-58-61-64-70(73)76-67-68(66-75-69(72)63-60-57-54-51-48-45-24-21-18-15-12-9-6-3)77-71(74)65-62-59-56-53-50-47-44-42-39-30-28-26-23-20-17-14-11-8-5-2/h7,10,16-17,19-20,25-28,31-32,34-35,68H,4-6,8-9,11-15,18,21-24,29-30,33,36-67H2,1-3H3/b10-7-,19-16-,20-17-,27-25-,28-26-,32-31-,35-34-. The molecule has 0 aliphatic carbocycles. The van der Waals surface area contributed by atoms with Crippen LogP contribution in [0.5, 0.6) is 0 Å². The van der Waals surface area contributed by atoms with Crippen LogP contribution in [0.2, 0.25) is 0 Å². The summed E-state index contributed by atoms with van der Waals surface area (Å²) in [5, 5.41) is 0. The molecule has 0 fully saturated rings. The summed E-state index contributed by atoms with van der Waals surface area (Å²) in [6.07, 6.45) is 85.9. The zero-order valence-corrected chi connectivity index (χ0v) is 51.0. The molecule has 0 aromatic rings. The van der Waals surface area contributed by atoms with E-state index in [1.54, 1.807) is 0 Å². The minimum atomic E-state index is -0.779. The molecule has 0 radical (unpaired) electrons. The van der Waals surface area contributed by atoms with E-state index < -0.39 is 6.10 Å². The van der Waals surface area contributed by atoms with Crippen LogP contribution in [0.1, 0.15) is 329 Å². The Morgan fingerprint density at radius 2 is 0.506 bits per heavy atom. The van der Waals surface area contributed by atoms with Gasteiger partial charge in [-0.3, -0.25) is 14.4 Å². The van der Waals surface area contributed by atoms with Gasteiger partial charge in [0.1, 0.15) is 13.2 Å². The molecule has 444 valence electrons. The van der Waals surface area contributed by atoms with Crippen LogP contribution in [0, 0.1) is 0 Å². The third kappa shape index (κ3) is 63.3. The van der Waals surface area contributed by atoms with Gasteiger partial charge in [-0.05, 0) is 96.3 Å². The average Bonchev–Trinajstić information content (AvgIpc) is 3.43. The highest BCUT2D eigenvalue weighted by atomic mass is 16.6. The largest absolute Gasteiger partial charge is 0.462 e. The first-order chi connectivity index (χ1) is 38.0. The molecule has 6 nitrogen and oxygen atoms in total. The second-order valence-corrected chi connectivity index (χ2v) is 22.0. The Morgan fingerprint density at radius 1 is 0.273 bits per heavy atom. The average molecular weight is 1070 g/mol. The van der Waals surface area contributed by atoms with Gasteiger partial charge in [0.15, 0.2) is 6.10 Å². The van der Waals surface area contributed by atoms with Crippen molar-refractivity contribution in [3.8, 4) is 0 Å². The molecule has 0 saturated heterocycles. The molecule has 0 amide bonds. The van der Waals surface area contributed by atoms with E-state index >= 15 is 0 Å². The summed E-state index contributed by atoms with van der Waals surface area (Å²) in [5.74, 6) is -0.867. The number of allylic oxidation sites excluding steroid dienone is 14. The van der Waals surface area contributed by atoms with E-state index in [1.165, 1.54) is 193 Å². The molecule has 0 saturated carbocycles. The highest BCUT2D eigenvalue weighted by molar-refractivity contribution is 5.71. The van der Waals surface area contributed by atoms with Gasteiger partial charge in [-0.1, -0.05) is 298 Å². The quantitative estimate of drug-likeness (QED) is 0.0261. The Kier molecular flexibility index (Phi) is 62.2. The van der Waals surface area contributed by atoms with Crippen LogP contribution in [-0.2, 0) is 28.6 Å². The summed E-state index contributed by atoms with van der Waals surface area (Å²) in [6, 6.07) is 0. The molecule has 6 heteroatoms. The van der Waals surface area contributed by atoms with Crippen LogP contribution in [0.3, 0.4) is 0 Å². The third-order valence-corrected chi connectivity index (χ3v) is 14.4. The van der Waals surface area contributed by atoms with Crippen molar-refractivity contribution in [3.05, 3.63) is 85.1 Å². The van der Waals surface area contributed by atoms with Gasteiger partial charge in [0, 0.05) is 19.3 Å². The molecule has 0 N–H and O–H groups in total. The van der Waals surface area contributed by atoms with E-state index in [9.17, 15) is 14.4 Å². The van der Waals surface area contributed by atoms with Crippen molar-refractivity contribution in [1.82, 2.24) is 0 Å². The number of rotatable bonds is 60. The van der Waals surface area contributed by atoms with Crippen molar-refractivity contribution in [2.75, 3.05) is 13.2 Å². The molecule has 0 aromatic carbocycles. The van der Waals surface area contributed by atoms with Gasteiger partial charge in [0.25, 0.3) is 0 Å². The van der Waals surface area contributed by atoms with Gasteiger partial charge in [-0.2, -0.15) is 0 Å². The summed E-state index contributed by atoms with van der Waals surface area (Å²) in [5.41, 5.74) is 0. The summed E-state index contributed by atoms with van der Waals surface area (Å²) in [6.45, 7) is 6.53. The Hall–Kier alpha value is -3.41. The lowest BCUT2D eigenvalue weighted by Crippen LogP contribution is -2.30. The Morgan fingerprint density at radius 3 is 0.818 bits per heavy atom. The van der Waals surface area contributed by atoms with Crippen molar-refractivity contribution >= 4 is 17.9 Å². The number of carbonyl (C=O) groups excluding carboxylic acids is 3. The van der Waals surface area contributed by atoms with Crippen molar-refractivity contribution in [2.45, 2.75) is 335 Å². The number of esters is 3. The van der Waals surface area contributed by atoms with Crippen molar-refractivity contribution in [2.24, 2.45) is 0 Å². The van der Waals surface area contributed by atoms with E-state index in [1.807, 2.05) is 0 Å². The van der Waals surface area contributed by atoms with Crippen molar-refractivity contribution in [1.29, 1.82) is 0 Å². The lowest BCUT2D eigenvalue weighted by Gasteiger charge is -2.18. The van der Waals surface area contributed by atoms with E-state index in [0.717, 1.165) is 96.3 Å². The molecular formula is C71H124O6. The third-order valence-electron chi connectivity index (χ3n) is 14.4. The van der Waals surface area contributed by atoms with Gasteiger partial charge < -0.3 is 14.2 Å². The van der Waals surface area contributed by atoms with Gasteiger partial charge in [-0.15, -0.1) is 0 Å². The lowest BCUT2D eigenvalue weighted by molar-refractivity contribution is -0.167. The van der Waals surface area contributed by atoms with E-state index in [2.05, 4.69) is 106 Å². The van der Waals surface area contributed by atoms with E-state index in [0.29, 0.717) is 19.3 Å². The molecule has 1 atom stereocenters. The van der Waals surface area contributed by atoms with Crippen LogP contribution in [-0.4, -0.2) is 37.2 Å². The second kappa shape index (κ2) is 65.1. The van der Waals surface area contributed by atoms with Crippen LogP contribution >= 0.6 is 0 Å². The summed E-state index contributed by atoms with van der Waals surface area (Å²) in [7, 11) is 0. The van der Waals surface area contributed by atoms with Gasteiger partial charge in [-0.25, -0.2) is 0 Å². The maximum absolute atomic E-state index is 12.9. The maximum Gasteiger partial charge on any atom is 0.306 e. The molecule has 0 heterocycles. The molecule has 0 aromatic heterocycles. The SMILES string of the molecule is CC/C=C\C/C=C\C/C=C\C/C=C\C/C=C\CCCCCCCCCCCCCC(=O)OCC(COC(=O)CCCCCCCCCCCCCCC)OC(=O)CCCCCCCCCCC/C=C\C/C=C\CCCCC. The number of carbonyl (C=O) groups is 3. The van der Waals surface area contributed by atoms with Crippen molar-refractivity contribution in [3.63, 3.8) is 0 Å². The molecule has 0 aliphatic rings. The van der Waals surface area contributed by atoms with Crippen molar-refractivity contribution < 1.29 is 28.6 Å². The number of hydrogen-bond acceptors (Lipinski definition) is 6. The zero-order valence-electron chi connectivity index (χ0n) is 51.0. The van der Waals surface area contributed by atoms with Gasteiger partial charge in [0.2, 0.25) is 0 Å². The first-order valence-electron chi connectivity index (χ1n) is 33.1. The lowest BCUT2D eigenvalue weighted by atomic mass is 10.0. The van der Waals surface area contributed by atoms with Crippen LogP contribution in [0.4, 0.5) is 0 Å². The monoisotopic (exact) mass is 1070 g/mol. The summed E-state index contributed by atoms with van der Waals surface area (Å²) >= 11 is 0. The number of hydrogen-bond donors (Lipinski definition) is 0. The zero-order chi connectivity index (χ0) is 55.7.